The molecule has 1 atom stereocenters. The van der Waals surface area contributed by atoms with Gasteiger partial charge in [-0.3, -0.25) is 24.5 Å². The first-order chi connectivity index (χ1) is 13.4. The Bertz CT molecular complexity index is 854. The number of nitro groups is 1. The Morgan fingerprint density at radius 2 is 1.64 bits per heavy atom. The highest BCUT2D eigenvalue weighted by atomic mass is 16.6. The number of rotatable bonds is 8. The molecule has 0 saturated heterocycles. The summed E-state index contributed by atoms with van der Waals surface area (Å²) in [6.45, 7) is -1.16. The Morgan fingerprint density at radius 3 is 2.21 bits per heavy atom. The number of hydrogen-bond acceptors (Lipinski definition) is 6. The number of benzene rings is 2. The van der Waals surface area contributed by atoms with Crippen LogP contribution >= 0.6 is 0 Å². The van der Waals surface area contributed by atoms with Crippen molar-refractivity contribution >= 4 is 29.1 Å². The first kappa shape index (κ1) is 20.5. The number of carbonyl (C=O) groups excluding carboxylic acids is 3. The van der Waals surface area contributed by atoms with Crippen LogP contribution in [0.3, 0.4) is 0 Å². The largest absolute Gasteiger partial charge is 0.387 e. The molecular formula is C18H18N4O6. The minimum atomic E-state index is -1.08. The van der Waals surface area contributed by atoms with Crippen LogP contribution in [0.4, 0.5) is 11.4 Å². The van der Waals surface area contributed by atoms with E-state index in [2.05, 4.69) is 16.0 Å². The fourth-order valence-corrected chi connectivity index (χ4v) is 2.29. The molecule has 4 N–H and O–H groups in total. The van der Waals surface area contributed by atoms with Crippen molar-refractivity contribution in [2.24, 2.45) is 0 Å². The molecule has 0 aliphatic heterocycles. The Kier molecular flexibility index (Phi) is 7.17. The SMILES string of the molecule is O=C(CNC(=O)[C@H](NC(=O)CO)c1ccccc1)Nc1ccc([N+](=O)[O-])cc1. The van der Waals surface area contributed by atoms with E-state index in [0.29, 0.717) is 11.3 Å². The lowest BCUT2D eigenvalue weighted by atomic mass is 10.1. The van der Waals surface area contributed by atoms with E-state index in [1.54, 1.807) is 30.3 Å². The summed E-state index contributed by atoms with van der Waals surface area (Å²) in [4.78, 5) is 45.9. The van der Waals surface area contributed by atoms with Crippen molar-refractivity contribution in [3.8, 4) is 0 Å². The normalized spacial score (nSPS) is 11.2. The maximum atomic E-state index is 12.4. The van der Waals surface area contributed by atoms with Gasteiger partial charge in [0.2, 0.25) is 17.7 Å². The average Bonchev–Trinajstić information content (AvgIpc) is 2.71. The number of anilines is 1. The van der Waals surface area contributed by atoms with Crippen LogP contribution in [-0.2, 0) is 14.4 Å². The number of non-ortho nitro benzene ring substituents is 1. The second-order valence-electron chi connectivity index (χ2n) is 5.64. The molecule has 3 amide bonds. The van der Waals surface area contributed by atoms with E-state index in [-0.39, 0.29) is 12.2 Å². The number of aliphatic hydroxyl groups is 1. The van der Waals surface area contributed by atoms with Crippen LogP contribution in [-0.4, -0.2) is 40.9 Å². The molecule has 0 aliphatic rings. The standard InChI is InChI=1S/C18H18N4O6/c23-11-16(25)21-17(12-4-2-1-3-5-12)18(26)19-10-15(24)20-13-6-8-14(9-7-13)22(27)28/h1-9,17,23H,10-11H2,(H,19,26)(H,20,24)(H,21,25)/t17-/m1/s1. The quantitative estimate of drug-likeness (QED) is 0.383. The van der Waals surface area contributed by atoms with Gasteiger partial charge >= 0.3 is 0 Å². The maximum Gasteiger partial charge on any atom is 0.269 e. The molecule has 0 unspecified atom stereocenters. The van der Waals surface area contributed by atoms with E-state index in [1.165, 1.54) is 24.3 Å². The highest BCUT2D eigenvalue weighted by Gasteiger charge is 2.22. The van der Waals surface area contributed by atoms with E-state index in [9.17, 15) is 24.5 Å². The van der Waals surface area contributed by atoms with Crippen LogP contribution in [0.1, 0.15) is 11.6 Å². The van der Waals surface area contributed by atoms with E-state index in [1.807, 2.05) is 0 Å². The number of nitro benzene ring substituents is 1. The summed E-state index contributed by atoms with van der Waals surface area (Å²) in [5.41, 5.74) is 0.701. The monoisotopic (exact) mass is 386 g/mol. The van der Waals surface area contributed by atoms with Gasteiger partial charge in [-0.1, -0.05) is 30.3 Å². The summed E-state index contributed by atoms with van der Waals surface area (Å²) in [6, 6.07) is 12.5. The molecule has 2 rings (SSSR count). The van der Waals surface area contributed by atoms with Gasteiger partial charge in [0.1, 0.15) is 12.6 Å². The van der Waals surface area contributed by atoms with Crippen molar-refractivity contribution in [1.82, 2.24) is 10.6 Å². The van der Waals surface area contributed by atoms with Gasteiger partial charge in [-0.05, 0) is 17.7 Å². The van der Waals surface area contributed by atoms with E-state index in [0.717, 1.165) is 0 Å². The lowest BCUT2D eigenvalue weighted by Crippen LogP contribution is -2.43. The number of aliphatic hydroxyl groups excluding tert-OH is 1. The zero-order valence-corrected chi connectivity index (χ0v) is 14.6. The van der Waals surface area contributed by atoms with E-state index < -0.39 is 35.3 Å². The van der Waals surface area contributed by atoms with Gasteiger partial charge in [-0.15, -0.1) is 0 Å². The second-order valence-corrected chi connectivity index (χ2v) is 5.64. The lowest BCUT2D eigenvalue weighted by Gasteiger charge is -2.18. The molecule has 0 heterocycles. The fraction of sp³-hybridized carbons (Fsp3) is 0.167. The maximum absolute atomic E-state index is 12.4. The second kappa shape index (κ2) is 9.78. The molecular weight excluding hydrogens is 368 g/mol. The van der Waals surface area contributed by atoms with Crippen molar-refractivity contribution in [1.29, 1.82) is 0 Å². The molecule has 0 bridgehead atoms. The van der Waals surface area contributed by atoms with Gasteiger partial charge in [0.05, 0.1) is 11.5 Å². The average molecular weight is 386 g/mol. The number of amides is 3. The molecule has 0 saturated carbocycles. The summed E-state index contributed by atoms with van der Waals surface area (Å²) in [6.07, 6.45) is 0. The van der Waals surface area contributed by atoms with Gasteiger partial charge in [0, 0.05) is 17.8 Å². The first-order valence-corrected chi connectivity index (χ1v) is 8.18. The molecule has 2 aromatic rings. The van der Waals surface area contributed by atoms with Crippen molar-refractivity contribution in [3.63, 3.8) is 0 Å². The van der Waals surface area contributed by atoms with Gasteiger partial charge in [-0.2, -0.15) is 0 Å². The molecule has 10 heteroatoms. The molecule has 0 radical (unpaired) electrons. The zero-order chi connectivity index (χ0) is 20.5. The summed E-state index contributed by atoms with van der Waals surface area (Å²) in [5.74, 6) is -1.92. The number of nitrogens with one attached hydrogen (secondary N) is 3. The summed E-state index contributed by atoms with van der Waals surface area (Å²) >= 11 is 0. The van der Waals surface area contributed by atoms with Gasteiger partial charge in [0.15, 0.2) is 0 Å². The molecule has 2 aromatic carbocycles. The predicted octanol–water partition coefficient (Wildman–Crippen LogP) is 0.499. The number of nitrogens with zero attached hydrogens (tertiary/aromatic N) is 1. The third-order valence-corrected chi connectivity index (χ3v) is 3.63. The molecule has 0 fully saturated rings. The van der Waals surface area contributed by atoms with Crippen LogP contribution in [0.15, 0.2) is 54.6 Å². The minimum absolute atomic E-state index is 0.114. The molecule has 28 heavy (non-hydrogen) atoms. The molecule has 0 aliphatic carbocycles. The smallest absolute Gasteiger partial charge is 0.269 e. The molecule has 0 spiro atoms. The minimum Gasteiger partial charge on any atom is -0.387 e. The van der Waals surface area contributed by atoms with E-state index in [4.69, 9.17) is 5.11 Å². The van der Waals surface area contributed by atoms with E-state index >= 15 is 0 Å². The zero-order valence-electron chi connectivity index (χ0n) is 14.6. The van der Waals surface area contributed by atoms with Gasteiger partial charge in [0.25, 0.3) is 5.69 Å². The number of carbonyl (C=O) groups is 3. The topological polar surface area (TPSA) is 151 Å². The predicted molar refractivity (Wildman–Crippen MR) is 99.1 cm³/mol. The number of hydrogen-bond donors (Lipinski definition) is 4. The van der Waals surface area contributed by atoms with Crippen LogP contribution in [0.2, 0.25) is 0 Å². The highest BCUT2D eigenvalue weighted by molar-refractivity contribution is 5.96. The Hall–Kier alpha value is -3.79. The molecule has 0 aromatic heterocycles. The van der Waals surface area contributed by atoms with Crippen LogP contribution in [0, 0.1) is 10.1 Å². The summed E-state index contributed by atoms with van der Waals surface area (Å²) < 4.78 is 0. The lowest BCUT2D eigenvalue weighted by molar-refractivity contribution is -0.384. The molecule has 10 nitrogen and oxygen atoms in total. The van der Waals surface area contributed by atoms with Gasteiger partial charge < -0.3 is 21.1 Å². The van der Waals surface area contributed by atoms with Crippen LogP contribution in [0.5, 0.6) is 0 Å². The summed E-state index contributed by atoms with van der Waals surface area (Å²) in [7, 11) is 0. The third kappa shape index (κ3) is 5.88. The summed E-state index contributed by atoms with van der Waals surface area (Å²) in [5, 5.41) is 26.8. The third-order valence-electron chi connectivity index (χ3n) is 3.63. The highest BCUT2D eigenvalue weighted by Crippen LogP contribution is 2.15. The van der Waals surface area contributed by atoms with Crippen LogP contribution < -0.4 is 16.0 Å². The Balaban J connectivity index is 1.96. The van der Waals surface area contributed by atoms with Crippen molar-refractivity contribution in [2.75, 3.05) is 18.5 Å². The molecule has 146 valence electrons. The first-order valence-electron chi connectivity index (χ1n) is 8.18. The van der Waals surface area contributed by atoms with Crippen LogP contribution in [0.25, 0.3) is 0 Å². The van der Waals surface area contributed by atoms with Crippen molar-refractivity contribution in [3.05, 3.63) is 70.3 Å². The van der Waals surface area contributed by atoms with Gasteiger partial charge in [-0.25, -0.2) is 0 Å². The van der Waals surface area contributed by atoms with Crippen molar-refractivity contribution < 1.29 is 24.4 Å². The Morgan fingerprint density at radius 1 is 1.00 bits per heavy atom. The Labute approximate surface area is 159 Å². The van der Waals surface area contributed by atoms with Crippen molar-refractivity contribution in [2.45, 2.75) is 6.04 Å². The fourth-order valence-electron chi connectivity index (χ4n) is 2.29.